The van der Waals surface area contributed by atoms with Crippen molar-refractivity contribution in [2.75, 3.05) is 0 Å². The molecule has 0 heterocycles. The third-order valence-corrected chi connectivity index (χ3v) is 4.61. The van der Waals surface area contributed by atoms with Crippen molar-refractivity contribution in [1.82, 2.24) is 16.0 Å². The second kappa shape index (κ2) is 13.2. The Kier molecular flexibility index (Phi) is 11.8. The molecule has 5 unspecified atom stereocenters. The van der Waals surface area contributed by atoms with E-state index in [0.29, 0.717) is 6.42 Å². The Bertz CT molecular complexity index is 698. The van der Waals surface area contributed by atoms with Gasteiger partial charge in [-0.2, -0.15) is 0 Å². The molecule has 5 atom stereocenters. The molecule has 0 fully saturated rings. The predicted octanol–water partition coefficient (Wildman–Crippen LogP) is -2.34. The van der Waals surface area contributed by atoms with Crippen molar-refractivity contribution in [3.63, 3.8) is 0 Å². The zero-order valence-corrected chi connectivity index (χ0v) is 17.7. The fourth-order valence-electron chi connectivity index (χ4n) is 2.39. The first kappa shape index (κ1) is 27.8. The lowest BCUT2D eigenvalue weighted by Gasteiger charge is -2.24. The zero-order chi connectivity index (χ0) is 24.3. The van der Waals surface area contributed by atoms with Gasteiger partial charge in [0.1, 0.15) is 18.1 Å². The highest BCUT2D eigenvalue weighted by molar-refractivity contribution is 5.94. The monoisotopic (exact) mass is 445 g/mol. The molecule has 4 amide bonds. The van der Waals surface area contributed by atoms with Crippen LogP contribution in [-0.4, -0.2) is 69.9 Å². The highest BCUT2D eigenvalue weighted by atomic mass is 16.4. The molecule has 0 aliphatic heterocycles. The van der Waals surface area contributed by atoms with E-state index in [0.717, 1.165) is 0 Å². The van der Waals surface area contributed by atoms with Gasteiger partial charge in [0.2, 0.25) is 23.6 Å². The quantitative estimate of drug-likeness (QED) is 0.151. The molecular weight excluding hydrogens is 414 g/mol. The van der Waals surface area contributed by atoms with E-state index in [1.165, 1.54) is 6.92 Å². The van der Waals surface area contributed by atoms with Crippen LogP contribution in [-0.2, 0) is 28.8 Å². The molecule has 0 saturated carbocycles. The molecule has 13 nitrogen and oxygen atoms in total. The SMILES string of the molecule is CCC(C)C(N)C(=O)NC(C)C(=O)NC(CCC(=O)O)C(=O)NC(CC(N)=O)C(=O)O. The van der Waals surface area contributed by atoms with E-state index < -0.39 is 72.6 Å². The number of rotatable bonds is 14. The maximum atomic E-state index is 12.4. The Morgan fingerprint density at radius 2 is 1.42 bits per heavy atom. The molecule has 0 rings (SSSR count). The Balaban J connectivity index is 5.23. The summed E-state index contributed by atoms with van der Waals surface area (Å²) in [5, 5.41) is 24.7. The maximum absolute atomic E-state index is 12.4. The molecule has 0 aliphatic carbocycles. The number of carboxylic acids is 2. The van der Waals surface area contributed by atoms with Crippen molar-refractivity contribution >= 4 is 35.6 Å². The molecule has 0 spiro atoms. The van der Waals surface area contributed by atoms with E-state index in [1.807, 2.05) is 12.2 Å². The van der Waals surface area contributed by atoms with E-state index in [1.54, 1.807) is 6.92 Å². The number of nitrogens with two attached hydrogens (primary N) is 2. The number of carbonyl (C=O) groups excluding carboxylic acids is 4. The maximum Gasteiger partial charge on any atom is 0.326 e. The first-order valence-corrected chi connectivity index (χ1v) is 9.69. The Morgan fingerprint density at radius 3 is 1.87 bits per heavy atom. The third kappa shape index (κ3) is 10.4. The van der Waals surface area contributed by atoms with Crippen LogP contribution < -0.4 is 27.4 Å². The van der Waals surface area contributed by atoms with Gasteiger partial charge in [-0.05, 0) is 19.3 Å². The second-order valence-corrected chi connectivity index (χ2v) is 7.21. The average molecular weight is 445 g/mol. The first-order chi connectivity index (χ1) is 14.3. The van der Waals surface area contributed by atoms with Crippen molar-refractivity contribution in [3.8, 4) is 0 Å². The first-order valence-electron chi connectivity index (χ1n) is 9.69. The topological polar surface area (TPSA) is 231 Å². The van der Waals surface area contributed by atoms with Gasteiger partial charge in [-0.3, -0.25) is 24.0 Å². The van der Waals surface area contributed by atoms with Gasteiger partial charge in [0, 0.05) is 6.42 Å². The Morgan fingerprint density at radius 1 is 0.871 bits per heavy atom. The molecule has 0 aromatic carbocycles. The number of hydrogen-bond donors (Lipinski definition) is 7. The standard InChI is InChI=1S/C18H31N5O8/c1-4-8(2)14(20)17(29)21-9(3)15(27)22-10(5-6-13(25)26)16(28)23-11(18(30)31)7-12(19)24/h8-11,14H,4-7,20H2,1-3H3,(H2,19,24)(H,21,29)(H,22,27)(H,23,28)(H,25,26)(H,30,31). The summed E-state index contributed by atoms with van der Waals surface area (Å²) in [6, 6.07) is -5.04. The highest BCUT2D eigenvalue weighted by Crippen LogP contribution is 2.06. The summed E-state index contributed by atoms with van der Waals surface area (Å²) >= 11 is 0. The lowest BCUT2D eigenvalue weighted by atomic mass is 9.99. The summed E-state index contributed by atoms with van der Waals surface area (Å²) in [5.41, 5.74) is 10.8. The number of primary amides is 1. The molecule has 0 saturated heterocycles. The van der Waals surface area contributed by atoms with E-state index in [4.69, 9.17) is 21.7 Å². The van der Waals surface area contributed by atoms with Crippen LogP contribution >= 0.6 is 0 Å². The number of nitrogens with one attached hydrogen (secondary N) is 3. The largest absolute Gasteiger partial charge is 0.481 e. The van der Waals surface area contributed by atoms with Crippen molar-refractivity contribution in [2.24, 2.45) is 17.4 Å². The zero-order valence-electron chi connectivity index (χ0n) is 17.7. The minimum atomic E-state index is -1.65. The van der Waals surface area contributed by atoms with Gasteiger partial charge >= 0.3 is 11.9 Å². The Labute approximate surface area is 179 Å². The van der Waals surface area contributed by atoms with Crippen LogP contribution in [0.25, 0.3) is 0 Å². The van der Waals surface area contributed by atoms with Crippen LogP contribution in [0.4, 0.5) is 0 Å². The van der Waals surface area contributed by atoms with Crippen LogP contribution in [0.15, 0.2) is 0 Å². The van der Waals surface area contributed by atoms with Gasteiger partial charge in [0.25, 0.3) is 0 Å². The summed E-state index contributed by atoms with van der Waals surface area (Å²) in [6.45, 7) is 4.96. The molecule has 176 valence electrons. The summed E-state index contributed by atoms with van der Waals surface area (Å²) < 4.78 is 0. The van der Waals surface area contributed by atoms with Crippen LogP contribution in [0.1, 0.15) is 46.5 Å². The third-order valence-electron chi connectivity index (χ3n) is 4.61. The van der Waals surface area contributed by atoms with E-state index in [2.05, 4.69) is 10.6 Å². The van der Waals surface area contributed by atoms with Crippen molar-refractivity contribution in [1.29, 1.82) is 0 Å². The molecular formula is C18H31N5O8. The summed E-state index contributed by atoms with van der Waals surface area (Å²) in [5.74, 6) is -6.30. The fraction of sp³-hybridized carbons (Fsp3) is 0.667. The molecule has 31 heavy (non-hydrogen) atoms. The van der Waals surface area contributed by atoms with Crippen LogP contribution in [0, 0.1) is 5.92 Å². The normalized spacial score (nSPS) is 15.5. The molecule has 0 aromatic heterocycles. The molecule has 0 bridgehead atoms. The number of carboxylic acid groups (broad SMARTS) is 2. The second-order valence-electron chi connectivity index (χ2n) is 7.21. The van der Waals surface area contributed by atoms with Gasteiger partial charge in [-0.1, -0.05) is 20.3 Å². The smallest absolute Gasteiger partial charge is 0.326 e. The number of aliphatic carboxylic acids is 2. The van der Waals surface area contributed by atoms with Gasteiger partial charge in [0.15, 0.2) is 0 Å². The van der Waals surface area contributed by atoms with Crippen molar-refractivity contribution in [2.45, 2.75) is 70.6 Å². The van der Waals surface area contributed by atoms with Crippen molar-refractivity contribution in [3.05, 3.63) is 0 Å². The van der Waals surface area contributed by atoms with E-state index in [-0.39, 0.29) is 12.3 Å². The van der Waals surface area contributed by atoms with Gasteiger partial charge in [-0.15, -0.1) is 0 Å². The lowest BCUT2D eigenvalue weighted by molar-refractivity contribution is -0.144. The molecule has 9 N–H and O–H groups in total. The summed E-state index contributed by atoms with van der Waals surface area (Å²) in [6.07, 6.45) is -0.919. The van der Waals surface area contributed by atoms with Gasteiger partial charge in [-0.25, -0.2) is 4.79 Å². The minimum absolute atomic E-state index is 0.137. The molecule has 0 aromatic rings. The number of carbonyl (C=O) groups is 6. The fourth-order valence-corrected chi connectivity index (χ4v) is 2.39. The number of hydrogen-bond acceptors (Lipinski definition) is 7. The van der Waals surface area contributed by atoms with Crippen LogP contribution in [0.2, 0.25) is 0 Å². The van der Waals surface area contributed by atoms with Crippen molar-refractivity contribution < 1.29 is 39.0 Å². The van der Waals surface area contributed by atoms with E-state index >= 15 is 0 Å². The van der Waals surface area contributed by atoms with Gasteiger partial charge < -0.3 is 37.6 Å². The van der Waals surface area contributed by atoms with Crippen LogP contribution in [0.3, 0.4) is 0 Å². The van der Waals surface area contributed by atoms with Crippen LogP contribution in [0.5, 0.6) is 0 Å². The molecule has 0 radical (unpaired) electrons. The number of amides is 4. The molecule has 13 heteroatoms. The lowest BCUT2D eigenvalue weighted by Crippen LogP contribution is -2.57. The van der Waals surface area contributed by atoms with E-state index in [9.17, 15) is 28.8 Å². The average Bonchev–Trinajstić information content (AvgIpc) is 2.68. The minimum Gasteiger partial charge on any atom is -0.481 e. The predicted molar refractivity (Wildman–Crippen MR) is 107 cm³/mol. The molecule has 0 aliphatic rings. The summed E-state index contributed by atoms with van der Waals surface area (Å²) in [7, 11) is 0. The Hall–Kier alpha value is -3.22. The highest BCUT2D eigenvalue weighted by Gasteiger charge is 2.30. The van der Waals surface area contributed by atoms with Gasteiger partial charge in [0.05, 0.1) is 12.5 Å². The summed E-state index contributed by atoms with van der Waals surface area (Å²) in [4.78, 5) is 70.0.